The maximum atomic E-state index is 12.6. The number of ether oxygens (including phenoxy) is 1. The Morgan fingerprint density at radius 3 is 2.69 bits per heavy atom. The Hall–Kier alpha value is -2.80. The van der Waals surface area contributed by atoms with Crippen molar-refractivity contribution >= 4 is 17.5 Å². The van der Waals surface area contributed by atoms with Gasteiger partial charge in [0, 0.05) is 25.7 Å². The van der Waals surface area contributed by atoms with Gasteiger partial charge in [-0.05, 0) is 57.6 Å². The topological polar surface area (TPSA) is 71.4 Å². The SMILES string of the molecule is COc1ccccc1NC(=O)Nc1ccnn1C1CCN(C[C@H](C)CCC=C(C)C)CC1. The van der Waals surface area contributed by atoms with E-state index in [-0.39, 0.29) is 6.03 Å². The molecule has 0 saturated carbocycles. The lowest BCUT2D eigenvalue weighted by atomic mass is 10.0. The molecule has 1 aliphatic rings. The maximum Gasteiger partial charge on any atom is 0.324 e. The molecule has 0 unspecified atom stereocenters. The van der Waals surface area contributed by atoms with E-state index in [0.29, 0.717) is 29.2 Å². The van der Waals surface area contributed by atoms with E-state index in [2.05, 4.69) is 47.5 Å². The number of nitrogens with one attached hydrogen (secondary N) is 2. The molecule has 2 heterocycles. The van der Waals surface area contributed by atoms with Crippen molar-refractivity contribution < 1.29 is 9.53 Å². The van der Waals surface area contributed by atoms with Crippen LogP contribution in [0.15, 0.2) is 48.2 Å². The van der Waals surface area contributed by atoms with E-state index in [1.54, 1.807) is 13.3 Å². The van der Waals surface area contributed by atoms with Gasteiger partial charge in [-0.1, -0.05) is 30.7 Å². The summed E-state index contributed by atoms with van der Waals surface area (Å²) in [6.45, 7) is 9.94. The highest BCUT2D eigenvalue weighted by molar-refractivity contribution is 6.00. The fourth-order valence-corrected chi connectivity index (χ4v) is 4.26. The largest absolute Gasteiger partial charge is 0.495 e. The van der Waals surface area contributed by atoms with E-state index in [1.807, 2.05) is 35.0 Å². The summed E-state index contributed by atoms with van der Waals surface area (Å²) in [7, 11) is 1.59. The number of carbonyl (C=O) groups is 1. The predicted octanol–water partition coefficient (Wildman–Crippen LogP) is 5.56. The number of aromatic nitrogens is 2. The quantitative estimate of drug-likeness (QED) is 0.502. The molecule has 2 N–H and O–H groups in total. The highest BCUT2D eigenvalue weighted by Gasteiger charge is 2.24. The number of hydrogen-bond donors (Lipinski definition) is 2. The molecule has 2 amide bonds. The van der Waals surface area contributed by atoms with Gasteiger partial charge in [0.15, 0.2) is 0 Å². The number of para-hydroxylation sites is 2. The number of piperidine rings is 1. The minimum atomic E-state index is -0.307. The molecule has 3 rings (SSSR count). The molecule has 174 valence electrons. The van der Waals surface area contributed by atoms with E-state index in [0.717, 1.165) is 32.5 Å². The third-order valence-electron chi connectivity index (χ3n) is 5.95. The van der Waals surface area contributed by atoms with Crippen LogP contribution in [-0.4, -0.2) is 47.5 Å². The Balaban J connectivity index is 1.49. The van der Waals surface area contributed by atoms with Crippen LogP contribution in [-0.2, 0) is 0 Å². The van der Waals surface area contributed by atoms with Gasteiger partial charge < -0.3 is 15.0 Å². The Morgan fingerprint density at radius 1 is 1.22 bits per heavy atom. The number of allylic oxidation sites excluding steroid dienone is 2. The molecular formula is C25H37N5O2. The van der Waals surface area contributed by atoms with Gasteiger partial charge in [0.2, 0.25) is 0 Å². The van der Waals surface area contributed by atoms with Crippen LogP contribution in [0.5, 0.6) is 5.75 Å². The van der Waals surface area contributed by atoms with Gasteiger partial charge in [-0.2, -0.15) is 5.10 Å². The standard InChI is InChI=1S/C25H37N5O2/c1-19(2)8-7-9-20(3)18-29-16-13-21(14-17-29)30-24(12-15-26-30)28-25(31)27-22-10-5-6-11-23(22)32-4/h5-6,8,10-12,15,20-21H,7,9,13-14,16-18H2,1-4H3,(H2,27,28,31)/t20-/m1/s1. The molecule has 1 aromatic carbocycles. The summed E-state index contributed by atoms with van der Waals surface area (Å²) in [5, 5.41) is 10.3. The van der Waals surface area contributed by atoms with Gasteiger partial charge in [-0.15, -0.1) is 0 Å². The fraction of sp³-hybridized carbons (Fsp3) is 0.520. The first-order valence-corrected chi connectivity index (χ1v) is 11.6. The lowest BCUT2D eigenvalue weighted by Gasteiger charge is -2.34. The van der Waals surface area contributed by atoms with Crippen molar-refractivity contribution in [1.82, 2.24) is 14.7 Å². The first-order valence-electron chi connectivity index (χ1n) is 11.6. The zero-order valence-electron chi connectivity index (χ0n) is 19.8. The molecule has 1 atom stereocenters. The Kier molecular flexibility index (Phi) is 8.73. The van der Waals surface area contributed by atoms with E-state index >= 15 is 0 Å². The van der Waals surface area contributed by atoms with Crippen molar-refractivity contribution in [2.24, 2.45) is 5.92 Å². The van der Waals surface area contributed by atoms with Crippen LogP contribution < -0.4 is 15.4 Å². The molecule has 7 heteroatoms. The molecule has 32 heavy (non-hydrogen) atoms. The second-order valence-electron chi connectivity index (χ2n) is 8.94. The number of carbonyl (C=O) groups excluding carboxylic acids is 1. The van der Waals surface area contributed by atoms with Crippen molar-refractivity contribution in [3.05, 3.63) is 48.2 Å². The summed E-state index contributed by atoms with van der Waals surface area (Å²) in [5.41, 5.74) is 2.03. The summed E-state index contributed by atoms with van der Waals surface area (Å²) in [6.07, 6.45) is 8.55. The smallest absolute Gasteiger partial charge is 0.324 e. The van der Waals surface area contributed by atoms with Crippen LogP contribution in [0.25, 0.3) is 0 Å². The Morgan fingerprint density at radius 2 is 1.97 bits per heavy atom. The molecule has 0 radical (unpaired) electrons. The summed E-state index contributed by atoms with van der Waals surface area (Å²) < 4.78 is 7.26. The minimum absolute atomic E-state index is 0.295. The number of rotatable bonds is 9. The van der Waals surface area contributed by atoms with Crippen molar-refractivity contribution in [3.63, 3.8) is 0 Å². The van der Waals surface area contributed by atoms with Crippen molar-refractivity contribution in [1.29, 1.82) is 0 Å². The predicted molar refractivity (Wildman–Crippen MR) is 130 cm³/mol. The van der Waals surface area contributed by atoms with Crippen LogP contribution in [0.1, 0.15) is 52.5 Å². The molecular weight excluding hydrogens is 402 g/mol. The van der Waals surface area contributed by atoms with E-state index in [1.165, 1.54) is 18.4 Å². The number of methoxy groups -OCH3 is 1. The van der Waals surface area contributed by atoms with Crippen LogP contribution in [0.3, 0.4) is 0 Å². The third-order valence-corrected chi connectivity index (χ3v) is 5.95. The number of anilines is 2. The van der Waals surface area contributed by atoms with Gasteiger partial charge >= 0.3 is 6.03 Å². The van der Waals surface area contributed by atoms with Gasteiger partial charge in [0.1, 0.15) is 11.6 Å². The zero-order valence-corrected chi connectivity index (χ0v) is 19.8. The van der Waals surface area contributed by atoms with Crippen LogP contribution in [0.2, 0.25) is 0 Å². The normalized spacial score (nSPS) is 15.8. The number of nitrogens with zero attached hydrogens (tertiary/aromatic N) is 3. The summed E-state index contributed by atoms with van der Waals surface area (Å²) in [4.78, 5) is 15.1. The van der Waals surface area contributed by atoms with Crippen molar-refractivity contribution in [3.8, 4) is 5.75 Å². The summed E-state index contributed by atoms with van der Waals surface area (Å²) >= 11 is 0. The monoisotopic (exact) mass is 439 g/mol. The number of hydrogen-bond acceptors (Lipinski definition) is 4. The molecule has 0 aliphatic carbocycles. The van der Waals surface area contributed by atoms with Gasteiger partial charge in [0.05, 0.1) is 25.0 Å². The average molecular weight is 440 g/mol. The molecule has 1 fully saturated rings. The van der Waals surface area contributed by atoms with Crippen LogP contribution >= 0.6 is 0 Å². The molecule has 1 aliphatic heterocycles. The van der Waals surface area contributed by atoms with Gasteiger partial charge in [-0.25, -0.2) is 9.48 Å². The van der Waals surface area contributed by atoms with Gasteiger partial charge in [0.25, 0.3) is 0 Å². The number of amides is 2. The third kappa shape index (κ3) is 6.85. The van der Waals surface area contributed by atoms with Crippen LogP contribution in [0.4, 0.5) is 16.3 Å². The summed E-state index contributed by atoms with van der Waals surface area (Å²) in [5.74, 6) is 2.03. The molecule has 2 aromatic rings. The molecule has 1 saturated heterocycles. The number of urea groups is 1. The highest BCUT2D eigenvalue weighted by Crippen LogP contribution is 2.27. The first-order chi connectivity index (χ1) is 15.5. The number of likely N-dealkylation sites (tertiary alicyclic amines) is 1. The molecule has 7 nitrogen and oxygen atoms in total. The highest BCUT2D eigenvalue weighted by atomic mass is 16.5. The molecule has 1 aromatic heterocycles. The Labute approximate surface area is 191 Å². The van der Waals surface area contributed by atoms with E-state index in [9.17, 15) is 4.79 Å². The zero-order chi connectivity index (χ0) is 22.9. The van der Waals surface area contributed by atoms with Crippen molar-refractivity contribution in [2.75, 3.05) is 37.4 Å². The Bertz CT molecular complexity index is 895. The van der Waals surface area contributed by atoms with Crippen molar-refractivity contribution in [2.45, 2.75) is 52.5 Å². The summed E-state index contributed by atoms with van der Waals surface area (Å²) in [6, 6.07) is 9.19. The molecule has 0 spiro atoms. The number of benzene rings is 1. The average Bonchev–Trinajstić information content (AvgIpc) is 3.22. The van der Waals surface area contributed by atoms with E-state index < -0.39 is 0 Å². The fourth-order valence-electron chi connectivity index (χ4n) is 4.26. The van der Waals surface area contributed by atoms with E-state index in [4.69, 9.17) is 4.74 Å². The second kappa shape index (κ2) is 11.7. The maximum absolute atomic E-state index is 12.6. The van der Waals surface area contributed by atoms with Crippen LogP contribution in [0, 0.1) is 5.92 Å². The van der Waals surface area contributed by atoms with Gasteiger partial charge in [-0.3, -0.25) is 5.32 Å². The first kappa shape index (κ1) is 23.9. The lowest BCUT2D eigenvalue weighted by Crippen LogP contribution is -2.38. The second-order valence-corrected chi connectivity index (χ2v) is 8.94. The molecule has 0 bridgehead atoms. The lowest BCUT2D eigenvalue weighted by molar-refractivity contribution is 0.159. The minimum Gasteiger partial charge on any atom is -0.495 e.